The number of carboxylic acids is 2. The van der Waals surface area contributed by atoms with Gasteiger partial charge in [-0.2, -0.15) is 0 Å². The summed E-state index contributed by atoms with van der Waals surface area (Å²) in [6, 6.07) is 13.6. The van der Waals surface area contributed by atoms with E-state index < -0.39 is 44.4 Å². The first-order valence-corrected chi connectivity index (χ1v) is 20.3. The molecular weight excluding hydrogens is 813 g/mol. The van der Waals surface area contributed by atoms with Crippen LogP contribution in [0.25, 0.3) is 12.2 Å². The number of carboxylic acid groups (broad SMARTS) is 2. The second kappa shape index (κ2) is 21.0. The van der Waals surface area contributed by atoms with Gasteiger partial charge >= 0.3 is 11.9 Å². The number of hydrogen-bond acceptors (Lipinski definition) is 14. The molecule has 4 atom stereocenters. The lowest BCUT2D eigenvalue weighted by Crippen LogP contribution is -2.26. The molecule has 61 heavy (non-hydrogen) atoms. The van der Waals surface area contributed by atoms with Crippen molar-refractivity contribution in [3.8, 4) is 46.0 Å². The Labute approximate surface area is 355 Å². The molecular formula is C44H52N2O14S. The normalized spacial score (nSPS) is 13.4. The first-order chi connectivity index (χ1) is 29.1. The summed E-state index contributed by atoms with van der Waals surface area (Å²) >= 11 is 0. The third kappa shape index (κ3) is 10.9. The van der Waals surface area contributed by atoms with Gasteiger partial charge in [0.15, 0.2) is 9.84 Å². The number of hydrogen-bond donors (Lipinski definition) is 4. The standard InChI is InChI=1S/C44H52N2O14S/c1-25(43(47)48)45-33-19-27(11-15-35(33)55-5)41(17-13-31-37(57-7)21-29(53-3)22-38(31)58-8)61(51,52)42(18-14-32-39(59-9)23-30(54-4)24-40(32)60-10)28-12-16-36(56-6)34(20-28)46-26(2)44(49)50/h11-26,41-42,45-46H,1-10H3,(H,47,48)(H,49,50). The Hall–Kier alpha value is -6.75. The predicted molar refractivity (Wildman–Crippen MR) is 232 cm³/mol. The zero-order valence-electron chi connectivity index (χ0n) is 35.6. The third-order valence-corrected chi connectivity index (χ3v) is 12.0. The molecule has 4 rings (SSSR count). The molecule has 0 radical (unpaired) electrons. The number of carbonyl (C=O) groups is 2. The molecule has 16 nitrogen and oxygen atoms in total. The van der Waals surface area contributed by atoms with E-state index in [0.29, 0.717) is 45.6 Å². The Morgan fingerprint density at radius 1 is 0.508 bits per heavy atom. The highest BCUT2D eigenvalue weighted by Gasteiger charge is 2.35. The summed E-state index contributed by atoms with van der Waals surface area (Å²) in [4.78, 5) is 23.8. The van der Waals surface area contributed by atoms with Crippen molar-refractivity contribution in [3.63, 3.8) is 0 Å². The van der Waals surface area contributed by atoms with Gasteiger partial charge in [-0.05, 0) is 61.4 Å². The molecule has 0 amide bonds. The summed E-state index contributed by atoms with van der Waals surface area (Å²) in [5, 5.41) is 22.3. The zero-order valence-corrected chi connectivity index (χ0v) is 36.4. The molecule has 4 N–H and O–H groups in total. The van der Waals surface area contributed by atoms with Crippen molar-refractivity contribution in [1.29, 1.82) is 0 Å². The van der Waals surface area contributed by atoms with Gasteiger partial charge in [0.1, 0.15) is 68.6 Å². The third-order valence-electron chi connectivity index (χ3n) is 9.68. The number of sulfone groups is 1. The summed E-state index contributed by atoms with van der Waals surface area (Å²) < 4.78 is 76.0. The maximum Gasteiger partial charge on any atom is 0.325 e. The number of ether oxygens (including phenoxy) is 8. The van der Waals surface area contributed by atoms with Crippen molar-refractivity contribution in [1.82, 2.24) is 0 Å². The highest BCUT2D eigenvalue weighted by Crippen LogP contribution is 2.44. The van der Waals surface area contributed by atoms with Gasteiger partial charge in [-0.25, -0.2) is 8.42 Å². The maximum absolute atomic E-state index is 15.7. The number of nitrogens with one attached hydrogen (secondary N) is 2. The summed E-state index contributed by atoms with van der Waals surface area (Å²) in [6.07, 6.45) is 6.06. The van der Waals surface area contributed by atoms with Crippen LogP contribution in [0.4, 0.5) is 11.4 Å². The van der Waals surface area contributed by atoms with Crippen LogP contribution in [0.15, 0.2) is 72.8 Å². The fraction of sp³-hybridized carbons (Fsp3) is 0.318. The summed E-state index contributed by atoms with van der Waals surface area (Å²) in [7, 11) is 7.07. The van der Waals surface area contributed by atoms with Crippen molar-refractivity contribution in [3.05, 3.63) is 95.1 Å². The van der Waals surface area contributed by atoms with Crippen molar-refractivity contribution in [2.45, 2.75) is 36.4 Å². The minimum absolute atomic E-state index is 0.224. The van der Waals surface area contributed by atoms with Crippen LogP contribution in [0.5, 0.6) is 46.0 Å². The van der Waals surface area contributed by atoms with E-state index in [2.05, 4.69) is 10.6 Å². The second-order valence-electron chi connectivity index (χ2n) is 13.4. The molecule has 0 bridgehead atoms. The first-order valence-electron chi connectivity index (χ1n) is 18.6. The molecule has 4 aromatic rings. The van der Waals surface area contributed by atoms with Gasteiger partial charge in [-0.1, -0.05) is 24.3 Å². The molecule has 0 heterocycles. The Morgan fingerprint density at radius 3 is 1.08 bits per heavy atom. The molecule has 0 aliphatic heterocycles. The van der Waals surface area contributed by atoms with Gasteiger partial charge in [-0.15, -0.1) is 0 Å². The Morgan fingerprint density at radius 2 is 0.820 bits per heavy atom. The monoisotopic (exact) mass is 864 g/mol. The number of aliphatic carboxylic acids is 2. The van der Waals surface area contributed by atoms with Gasteiger partial charge < -0.3 is 58.7 Å². The minimum atomic E-state index is -4.53. The van der Waals surface area contributed by atoms with E-state index in [-0.39, 0.29) is 34.0 Å². The number of anilines is 2. The van der Waals surface area contributed by atoms with Crippen LogP contribution in [-0.2, 0) is 19.4 Å². The van der Waals surface area contributed by atoms with E-state index in [4.69, 9.17) is 37.9 Å². The summed E-state index contributed by atoms with van der Waals surface area (Å²) in [5.74, 6) is 0.404. The smallest absolute Gasteiger partial charge is 0.325 e. The second-order valence-corrected chi connectivity index (χ2v) is 15.6. The fourth-order valence-electron chi connectivity index (χ4n) is 6.36. The van der Waals surface area contributed by atoms with Gasteiger partial charge in [-0.3, -0.25) is 9.59 Å². The van der Waals surface area contributed by atoms with Gasteiger partial charge in [0.25, 0.3) is 0 Å². The molecule has 0 fully saturated rings. The van der Waals surface area contributed by atoms with E-state index in [0.717, 1.165) is 0 Å². The van der Waals surface area contributed by atoms with Crippen LogP contribution in [0.1, 0.15) is 46.6 Å². The van der Waals surface area contributed by atoms with Gasteiger partial charge in [0.2, 0.25) is 0 Å². The molecule has 328 valence electrons. The lowest BCUT2D eigenvalue weighted by Gasteiger charge is -2.24. The van der Waals surface area contributed by atoms with E-state index in [1.165, 1.54) is 107 Å². The minimum Gasteiger partial charge on any atom is -0.496 e. The molecule has 0 aromatic heterocycles. The largest absolute Gasteiger partial charge is 0.496 e. The van der Waals surface area contributed by atoms with Crippen molar-refractivity contribution < 1.29 is 66.1 Å². The topological polar surface area (TPSA) is 207 Å². The molecule has 0 saturated heterocycles. The van der Waals surface area contributed by atoms with Gasteiger partial charge in [0, 0.05) is 24.3 Å². The lowest BCUT2D eigenvalue weighted by atomic mass is 10.1. The van der Waals surface area contributed by atoms with Crippen molar-refractivity contribution in [2.75, 3.05) is 67.5 Å². The quantitative estimate of drug-likeness (QED) is 0.0619. The van der Waals surface area contributed by atoms with E-state index >= 15 is 8.42 Å². The predicted octanol–water partition coefficient (Wildman–Crippen LogP) is 7.15. The molecule has 4 aromatic carbocycles. The van der Waals surface area contributed by atoms with E-state index in [1.807, 2.05) is 0 Å². The van der Waals surface area contributed by atoms with Crippen LogP contribution in [0, 0.1) is 0 Å². The zero-order chi connectivity index (χ0) is 45.0. The molecule has 0 saturated carbocycles. The Balaban J connectivity index is 2.11. The molecule has 17 heteroatoms. The van der Waals surface area contributed by atoms with Crippen molar-refractivity contribution >= 4 is 45.3 Å². The maximum atomic E-state index is 15.7. The number of benzene rings is 4. The van der Waals surface area contributed by atoms with E-state index in [1.54, 1.807) is 48.6 Å². The SMILES string of the molecule is COc1cc(OC)c(C=CC(c2ccc(OC)c(NC(C)C(=O)O)c2)S(=O)(=O)C(C=Cc2c(OC)cc(OC)cc2OC)c2ccc(OC)c(NC(C)C(=O)O)c2)c(OC)c1. The summed E-state index contributed by atoms with van der Waals surface area (Å²) in [5.41, 5.74) is 1.70. The molecule has 0 spiro atoms. The number of methoxy groups -OCH3 is 8. The lowest BCUT2D eigenvalue weighted by molar-refractivity contribution is -0.138. The number of rotatable bonds is 22. The van der Waals surface area contributed by atoms with Gasteiger partial charge in [0.05, 0.1) is 79.4 Å². The van der Waals surface area contributed by atoms with Crippen LogP contribution < -0.4 is 48.5 Å². The highest BCUT2D eigenvalue weighted by atomic mass is 32.2. The van der Waals surface area contributed by atoms with Crippen LogP contribution >= 0.6 is 0 Å². The first kappa shape index (κ1) is 46.9. The van der Waals surface area contributed by atoms with Crippen molar-refractivity contribution in [2.24, 2.45) is 0 Å². The fourth-order valence-corrected chi connectivity index (χ4v) is 8.32. The van der Waals surface area contributed by atoms with E-state index in [9.17, 15) is 19.8 Å². The molecule has 0 aliphatic rings. The van der Waals surface area contributed by atoms with Crippen LogP contribution in [0.3, 0.4) is 0 Å². The van der Waals surface area contributed by atoms with Crippen LogP contribution in [-0.4, -0.2) is 99.5 Å². The Kier molecular flexibility index (Phi) is 16.1. The van der Waals surface area contributed by atoms with Crippen LogP contribution in [0.2, 0.25) is 0 Å². The average Bonchev–Trinajstić information content (AvgIpc) is 3.25. The average molecular weight is 865 g/mol. The Bertz CT molecular complexity index is 2160. The molecule has 4 unspecified atom stereocenters. The highest BCUT2D eigenvalue weighted by molar-refractivity contribution is 7.92. The summed E-state index contributed by atoms with van der Waals surface area (Å²) in [6.45, 7) is 2.88. The molecule has 0 aliphatic carbocycles.